The fraction of sp³-hybridized carbons (Fsp3) is 0.818. The van der Waals surface area contributed by atoms with Gasteiger partial charge in [0, 0.05) is 13.1 Å². The minimum Gasteiger partial charge on any atom is -0.377 e. The van der Waals surface area contributed by atoms with Crippen molar-refractivity contribution in [1.82, 2.24) is 4.90 Å². The Morgan fingerprint density at radius 2 is 1.32 bits per heavy atom. The van der Waals surface area contributed by atoms with E-state index in [1.54, 1.807) is 0 Å². The SMILES string of the molecule is CCCCC(CC)CN(/C=C/CC(C#N)C#N)CC(CC)CCCC. The molecule has 142 valence electrons. The Bertz CT molecular complexity index is 384. The Kier molecular flexibility index (Phi) is 15.1. The van der Waals surface area contributed by atoms with Crippen LogP contribution >= 0.6 is 0 Å². The lowest BCUT2D eigenvalue weighted by atomic mass is 9.96. The normalized spacial score (nSPS) is 13.6. The van der Waals surface area contributed by atoms with Crippen molar-refractivity contribution >= 4 is 0 Å². The molecule has 2 atom stereocenters. The first-order chi connectivity index (χ1) is 12.1. The quantitative estimate of drug-likeness (QED) is 0.350. The van der Waals surface area contributed by atoms with Gasteiger partial charge in [0.15, 0.2) is 0 Å². The summed E-state index contributed by atoms with van der Waals surface area (Å²) >= 11 is 0. The average molecular weight is 346 g/mol. The molecule has 0 aromatic heterocycles. The summed E-state index contributed by atoms with van der Waals surface area (Å²) in [7, 11) is 0. The molecule has 3 nitrogen and oxygen atoms in total. The van der Waals surface area contributed by atoms with Gasteiger partial charge in [-0.05, 0) is 37.3 Å². The molecule has 0 radical (unpaired) electrons. The van der Waals surface area contributed by atoms with Gasteiger partial charge in [-0.15, -0.1) is 0 Å². The van der Waals surface area contributed by atoms with E-state index in [4.69, 9.17) is 10.5 Å². The fourth-order valence-electron chi connectivity index (χ4n) is 3.17. The second-order valence-corrected chi connectivity index (χ2v) is 7.22. The summed E-state index contributed by atoms with van der Waals surface area (Å²) < 4.78 is 0. The van der Waals surface area contributed by atoms with E-state index in [1.165, 1.54) is 51.4 Å². The Hall–Kier alpha value is -1.48. The first kappa shape index (κ1) is 23.5. The van der Waals surface area contributed by atoms with Gasteiger partial charge < -0.3 is 4.90 Å². The van der Waals surface area contributed by atoms with Crippen LogP contribution in [0.1, 0.15) is 85.5 Å². The van der Waals surface area contributed by atoms with E-state index in [2.05, 4.69) is 50.9 Å². The number of hydrogen-bond donors (Lipinski definition) is 0. The van der Waals surface area contributed by atoms with Gasteiger partial charge in [-0.2, -0.15) is 10.5 Å². The van der Waals surface area contributed by atoms with Gasteiger partial charge in [0.25, 0.3) is 0 Å². The van der Waals surface area contributed by atoms with E-state index in [0.717, 1.165) is 24.9 Å². The molecule has 2 unspecified atom stereocenters. The molecule has 0 aliphatic rings. The molecule has 0 amide bonds. The molecule has 0 heterocycles. The molecule has 3 heteroatoms. The molecule has 0 aliphatic heterocycles. The largest absolute Gasteiger partial charge is 0.377 e. The number of nitriles is 2. The van der Waals surface area contributed by atoms with Crippen LogP contribution in [-0.4, -0.2) is 18.0 Å². The summed E-state index contributed by atoms with van der Waals surface area (Å²) in [6, 6.07) is 4.11. The molecule has 25 heavy (non-hydrogen) atoms. The number of rotatable bonds is 15. The standard InChI is InChI=1S/C22H39N3/c1-5-9-12-20(7-3)18-25(15-11-14-22(16-23)17-24)19-21(8-4)13-10-6-2/h11,15,20-22H,5-10,12-14,18-19H2,1-4H3/b15-11+. The van der Waals surface area contributed by atoms with Gasteiger partial charge in [0.1, 0.15) is 5.92 Å². The maximum absolute atomic E-state index is 8.93. The predicted molar refractivity (Wildman–Crippen MR) is 107 cm³/mol. The highest BCUT2D eigenvalue weighted by Gasteiger charge is 2.14. The van der Waals surface area contributed by atoms with Crippen molar-refractivity contribution in [2.24, 2.45) is 17.8 Å². The predicted octanol–water partition coefficient (Wildman–Crippen LogP) is 6.29. The second kappa shape index (κ2) is 16.0. The molecule has 0 spiro atoms. The van der Waals surface area contributed by atoms with Gasteiger partial charge in [0.2, 0.25) is 0 Å². The second-order valence-electron chi connectivity index (χ2n) is 7.22. The van der Waals surface area contributed by atoms with Gasteiger partial charge >= 0.3 is 0 Å². The Morgan fingerprint density at radius 3 is 1.68 bits per heavy atom. The number of nitrogens with zero attached hydrogens (tertiary/aromatic N) is 3. The lowest BCUT2D eigenvalue weighted by Gasteiger charge is -2.29. The van der Waals surface area contributed by atoms with Gasteiger partial charge in [-0.25, -0.2) is 0 Å². The highest BCUT2D eigenvalue weighted by atomic mass is 15.1. The summed E-state index contributed by atoms with van der Waals surface area (Å²) in [5.41, 5.74) is 0. The smallest absolute Gasteiger partial charge is 0.136 e. The van der Waals surface area contributed by atoms with E-state index >= 15 is 0 Å². The van der Waals surface area contributed by atoms with E-state index in [9.17, 15) is 0 Å². The molecule has 0 N–H and O–H groups in total. The van der Waals surface area contributed by atoms with Crippen LogP contribution in [0.3, 0.4) is 0 Å². The molecule has 0 saturated carbocycles. The molecule has 0 aromatic carbocycles. The number of allylic oxidation sites excluding steroid dienone is 1. The first-order valence-corrected chi connectivity index (χ1v) is 10.3. The zero-order chi connectivity index (χ0) is 18.9. The molecule has 0 bridgehead atoms. The van der Waals surface area contributed by atoms with Crippen LogP contribution in [0.4, 0.5) is 0 Å². The monoisotopic (exact) mass is 345 g/mol. The van der Waals surface area contributed by atoms with E-state index in [-0.39, 0.29) is 0 Å². The van der Waals surface area contributed by atoms with Crippen LogP contribution in [-0.2, 0) is 0 Å². The Morgan fingerprint density at radius 1 is 0.840 bits per heavy atom. The van der Waals surface area contributed by atoms with Gasteiger partial charge in [-0.1, -0.05) is 72.3 Å². The van der Waals surface area contributed by atoms with E-state index < -0.39 is 5.92 Å². The van der Waals surface area contributed by atoms with Crippen LogP contribution in [0.15, 0.2) is 12.3 Å². The van der Waals surface area contributed by atoms with Crippen molar-refractivity contribution in [1.29, 1.82) is 10.5 Å². The van der Waals surface area contributed by atoms with Crippen LogP contribution in [0.25, 0.3) is 0 Å². The maximum atomic E-state index is 8.93. The lowest BCUT2D eigenvalue weighted by molar-refractivity contribution is 0.239. The molecule has 0 aromatic rings. The minimum absolute atomic E-state index is 0.526. The molecule has 0 rings (SSSR count). The lowest BCUT2D eigenvalue weighted by Crippen LogP contribution is -2.30. The number of hydrogen-bond acceptors (Lipinski definition) is 3. The van der Waals surface area contributed by atoms with E-state index in [0.29, 0.717) is 6.42 Å². The molecular weight excluding hydrogens is 306 g/mol. The topological polar surface area (TPSA) is 50.8 Å². The third kappa shape index (κ3) is 11.7. The average Bonchev–Trinajstić information content (AvgIpc) is 2.64. The minimum atomic E-state index is -0.526. The van der Waals surface area contributed by atoms with Crippen molar-refractivity contribution in [3.05, 3.63) is 12.3 Å². The molecule has 0 saturated heterocycles. The van der Waals surface area contributed by atoms with Crippen LogP contribution in [0, 0.1) is 40.4 Å². The molecular formula is C22H39N3. The summed E-state index contributed by atoms with van der Waals surface area (Å²) in [4.78, 5) is 2.46. The number of unbranched alkanes of at least 4 members (excludes halogenated alkanes) is 2. The van der Waals surface area contributed by atoms with Gasteiger partial charge in [-0.3, -0.25) is 0 Å². The summed E-state index contributed by atoms with van der Waals surface area (Å²) in [6.45, 7) is 11.3. The highest BCUT2D eigenvalue weighted by molar-refractivity contribution is 5.03. The summed E-state index contributed by atoms with van der Waals surface area (Å²) in [5, 5.41) is 17.9. The molecule has 0 fully saturated rings. The van der Waals surface area contributed by atoms with Crippen molar-refractivity contribution in [2.75, 3.05) is 13.1 Å². The van der Waals surface area contributed by atoms with Crippen molar-refractivity contribution in [3.8, 4) is 12.1 Å². The maximum Gasteiger partial charge on any atom is 0.136 e. The van der Waals surface area contributed by atoms with Crippen LogP contribution < -0.4 is 0 Å². The van der Waals surface area contributed by atoms with Crippen molar-refractivity contribution in [2.45, 2.75) is 85.5 Å². The third-order valence-corrected chi connectivity index (χ3v) is 5.07. The zero-order valence-corrected chi connectivity index (χ0v) is 17.0. The van der Waals surface area contributed by atoms with Gasteiger partial charge in [0.05, 0.1) is 12.1 Å². The van der Waals surface area contributed by atoms with Crippen molar-refractivity contribution < 1.29 is 0 Å². The summed E-state index contributed by atoms with van der Waals surface area (Å²) in [5.74, 6) is 0.939. The highest BCUT2D eigenvalue weighted by Crippen LogP contribution is 2.19. The fourth-order valence-corrected chi connectivity index (χ4v) is 3.17. The Labute approximate surface area is 156 Å². The summed E-state index contributed by atoms with van der Waals surface area (Å²) in [6.07, 6.45) is 14.8. The van der Waals surface area contributed by atoms with Crippen LogP contribution in [0.2, 0.25) is 0 Å². The Balaban J connectivity index is 4.86. The first-order valence-electron chi connectivity index (χ1n) is 10.3. The zero-order valence-electron chi connectivity index (χ0n) is 17.0. The van der Waals surface area contributed by atoms with Crippen LogP contribution in [0.5, 0.6) is 0 Å². The molecule has 0 aliphatic carbocycles. The van der Waals surface area contributed by atoms with E-state index in [1.807, 2.05) is 6.08 Å². The third-order valence-electron chi connectivity index (χ3n) is 5.07. The van der Waals surface area contributed by atoms with Crippen molar-refractivity contribution in [3.63, 3.8) is 0 Å².